The second kappa shape index (κ2) is 11.8. The molecule has 14 heteroatoms. The average molecular weight is 624 g/mol. The van der Waals surface area contributed by atoms with E-state index in [0.717, 1.165) is 18.7 Å². The SMILES string of the molecule is COC[C@H](c1cc2nc([C@H](CCC(C)(C)C(F)(F)F)NC(=O)OC(C)(C)C)cn2nc1Cl)N1C(=O)c2ccccc2C1=O. The Kier molecular flexibility index (Phi) is 8.81. The van der Waals surface area contributed by atoms with Gasteiger partial charge in [-0.1, -0.05) is 37.6 Å². The lowest BCUT2D eigenvalue weighted by Crippen LogP contribution is -2.37. The quantitative estimate of drug-likeness (QED) is 0.278. The molecule has 0 saturated carbocycles. The molecule has 0 aliphatic carbocycles. The normalized spacial score (nSPS) is 15.5. The number of methoxy groups -OCH3 is 1. The number of fused-ring (bicyclic) bond motifs is 2. The Hall–Kier alpha value is -3.71. The lowest BCUT2D eigenvalue weighted by Gasteiger charge is -2.29. The van der Waals surface area contributed by atoms with Crippen molar-refractivity contribution in [1.82, 2.24) is 24.8 Å². The van der Waals surface area contributed by atoms with Crippen LogP contribution in [0.5, 0.6) is 0 Å². The number of aromatic nitrogens is 3. The minimum Gasteiger partial charge on any atom is -0.444 e. The zero-order chi connectivity index (χ0) is 31.9. The van der Waals surface area contributed by atoms with E-state index in [-0.39, 0.29) is 52.6 Å². The molecule has 0 fully saturated rings. The second-order valence-electron chi connectivity index (χ2n) is 12.0. The van der Waals surface area contributed by atoms with Crippen LogP contribution in [0.25, 0.3) is 5.65 Å². The Balaban J connectivity index is 1.71. The summed E-state index contributed by atoms with van der Waals surface area (Å²) in [7, 11) is 1.41. The van der Waals surface area contributed by atoms with Crippen molar-refractivity contribution >= 4 is 35.2 Å². The van der Waals surface area contributed by atoms with E-state index in [1.807, 2.05) is 0 Å². The summed E-state index contributed by atoms with van der Waals surface area (Å²) >= 11 is 6.56. The third kappa shape index (κ3) is 6.77. The highest BCUT2D eigenvalue weighted by Gasteiger charge is 2.47. The molecule has 3 aromatic rings. The van der Waals surface area contributed by atoms with Crippen LogP contribution in [-0.4, -0.2) is 62.9 Å². The van der Waals surface area contributed by atoms with E-state index in [2.05, 4.69) is 15.4 Å². The Morgan fingerprint density at radius 3 is 2.21 bits per heavy atom. The molecule has 0 unspecified atom stereocenters. The number of amides is 3. The highest BCUT2D eigenvalue weighted by Crippen LogP contribution is 2.42. The summed E-state index contributed by atoms with van der Waals surface area (Å²) in [6, 6.07) is 6.03. The number of carbonyl (C=O) groups is 3. The number of carbonyl (C=O) groups excluding carboxylic acids is 3. The van der Waals surface area contributed by atoms with Crippen LogP contribution in [0, 0.1) is 5.41 Å². The standard InChI is InChI=1S/C29H33ClF3N5O5/c1-27(2,3)43-26(41)35-19(11-12-28(4,5)29(31,32)33)20-14-37-22(34-20)13-18(23(30)36-37)21(15-42-6)38-24(39)16-9-7-8-10-17(16)25(38)40/h7-10,13-14,19,21H,11-12,15H2,1-6H3,(H,35,41)/t19-,21+/m0/s1. The fraction of sp³-hybridized carbons (Fsp3) is 0.483. The molecule has 2 atom stereocenters. The Bertz CT molecular complexity index is 1510. The van der Waals surface area contributed by atoms with Crippen LogP contribution in [0.1, 0.15) is 91.5 Å². The van der Waals surface area contributed by atoms with E-state index in [9.17, 15) is 27.6 Å². The van der Waals surface area contributed by atoms with Gasteiger partial charge in [0.2, 0.25) is 0 Å². The van der Waals surface area contributed by atoms with Gasteiger partial charge in [-0.25, -0.2) is 14.3 Å². The van der Waals surface area contributed by atoms with Gasteiger partial charge in [0.15, 0.2) is 10.8 Å². The summed E-state index contributed by atoms with van der Waals surface area (Å²) < 4.78 is 52.8. The molecule has 4 rings (SSSR count). The second-order valence-corrected chi connectivity index (χ2v) is 12.3. The molecule has 232 valence electrons. The van der Waals surface area contributed by atoms with Crippen LogP contribution in [-0.2, 0) is 9.47 Å². The van der Waals surface area contributed by atoms with Gasteiger partial charge in [-0.05, 0) is 51.8 Å². The number of hydrogen-bond donors (Lipinski definition) is 1. The van der Waals surface area contributed by atoms with Gasteiger partial charge in [0.25, 0.3) is 11.8 Å². The summed E-state index contributed by atoms with van der Waals surface area (Å²) in [6.45, 7) is 7.08. The smallest absolute Gasteiger partial charge is 0.408 e. The highest BCUT2D eigenvalue weighted by molar-refractivity contribution is 6.30. The van der Waals surface area contributed by atoms with Gasteiger partial charge < -0.3 is 14.8 Å². The van der Waals surface area contributed by atoms with E-state index in [1.165, 1.54) is 23.9 Å². The van der Waals surface area contributed by atoms with Crippen molar-refractivity contribution in [1.29, 1.82) is 0 Å². The predicted molar refractivity (Wildman–Crippen MR) is 151 cm³/mol. The van der Waals surface area contributed by atoms with Crippen molar-refractivity contribution in [2.45, 2.75) is 71.3 Å². The van der Waals surface area contributed by atoms with Gasteiger partial charge in [-0.2, -0.15) is 18.3 Å². The van der Waals surface area contributed by atoms with Gasteiger partial charge in [0.05, 0.1) is 47.1 Å². The van der Waals surface area contributed by atoms with Crippen molar-refractivity contribution in [2.75, 3.05) is 13.7 Å². The number of nitrogens with one attached hydrogen (secondary N) is 1. The van der Waals surface area contributed by atoms with Crippen molar-refractivity contribution in [2.24, 2.45) is 5.41 Å². The number of alkyl carbamates (subject to hydrolysis) is 1. The first-order valence-corrected chi connectivity index (χ1v) is 13.9. The maximum absolute atomic E-state index is 13.6. The van der Waals surface area contributed by atoms with Crippen LogP contribution in [0.15, 0.2) is 36.5 Å². The van der Waals surface area contributed by atoms with Crippen molar-refractivity contribution < 1.29 is 37.0 Å². The van der Waals surface area contributed by atoms with Crippen LogP contribution < -0.4 is 5.32 Å². The summed E-state index contributed by atoms with van der Waals surface area (Å²) in [5.41, 5.74) is -1.67. The molecular weight excluding hydrogens is 591 g/mol. The molecule has 0 spiro atoms. The third-order valence-corrected chi connectivity index (χ3v) is 7.44. The number of ether oxygens (including phenoxy) is 2. The molecule has 0 bridgehead atoms. The predicted octanol–water partition coefficient (Wildman–Crippen LogP) is 6.30. The number of imide groups is 1. The highest BCUT2D eigenvalue weighted by atomic mass is 35.5. The lowest BCUT2D eigenvalue weighted by molar-refractivity contribution is -0.214. The summed E-state index contributed by atoms with van der Waals surface area (Å²) in [5, 5.41) is 6.91. The van der Waals surface area contributed by atoms with Crippen molar-refractivity contribution in [3.8, 4) is 0 Å². The molecule has 1 aliphatic heterocycles. The van der Waals surface area contributed by atoms with Gasteiger partial charge in [-0.15, -0.1) is 0 Å². The molecule has 2 aromatic heterocycles. The molecule has 1 aromatic carbocycles. The summed E-state index contributed by atoms with van der Waals surface area (Å²) in [6.07, 6.45) is -4.28. The average Bonchev–Trinajstić information content (AvgIpc) is 3.41. The maximum Gasteiger partial charge on any atom is 0.408 e. The summed E-state index contributed by atoms with van der Waals surface area (Å²) in [5.74, 6) is -1.03. The van der Waals surface area contributed by atoms with Crippen LogP contribution >= 0.6 is 11.6 Å². The number of alkyl halides is 3. The van der Waals surface area contributed by atoms with Crippen LogP contribution in [0.3, 0.4) is 0 Å². The van der Waals surface area contributed by atoms with Gasteiger partial charge >= 0.3 is 12.3 Å². The number of hydrogen-bond acceptors (Lipinski definition) is 7. The molecule has 43 heavy (non-hydrogen) atoms. The number of imidazole rings is 1. The summed E-state index contributed by atoms with van der Waals surface area (Å²) in [4.78, 5) is 44.7. The fourth-order valence-corrected chi connectivity index (χ4v) is 4.94. The fourth-order valence-electron chi connectivity index (χ4n) is 4.68. The third-order valence-electron chi connectivity index (χ3n) is 7.15. The first-order chi connectivity index (χ1) is 19.9. The molecular formula is C29H33ClF3N5O5. The lowest BCUT2D eigenvalue weighted by atomic mass is 9.85. The van der Waals surface area contributed by atoms with E-state index in [1.54, 1.807) is 45.0 Å². The number of nitrogens with zero attached hydrogens (tertiary/aromatic N) is 4. The van der Waals surface area contributed by atoms with E-state index in [0.29, 0.717) is 0 Å². The zero-order valence-corrected chi connectivity index (χ0v) is 25.3. The Morgan fingerprint density at radius 2 is 1.67 bits per heavy atom. The first kappa shape index (κ1) is 32.2. The monoisotopic (exact) mass is 623 g/mol. The molecule has 0 saturated heterocycles. The van der Waals surface area contributed by atoms with Crippen molar-refractivity contribution in [3.63, 3.8) is 0 Å². The molecule has 1 aliphatic rings. The minimum absolute atomic E-state index is 0.0510. The number of benzene rings is 1. The molecule has 3 amide bonds. The van der Waals surface area contributed by atoms with Crippen molar-refractivity contribution in [3.05, 3.63) is 64.1 Å². The molecule has 0 radical (unpaired) electrons. The number of rotatable bonds is 9. The number of halogens is 4. The Morgan fingerprint density at radius 1 is 1.07 bits per heavy atom. The van der Waals surface area contributed by atoms with Gasteiger partial charge in [0, 0.05) is 12.7 Å². The topological polar surface area (TPSA) is 115 Å². The molecule has 10 nitrogen and oxygen atoms in total. The zero-order valence-electron chi connectivity index (χ0n) is 24.6. The molecule has 3 heterocycles. The van der Waals surface area contributed by atoms with E-state index >= 15 is 0 Å². The van der Waals surface area contributed by atoms with Gasteiger partial charge in [-0.3, -0.25) is 14.5 Å². The Labute approximate surface area is 251 Å². The first-order valence-electron chi connectivity index (χ1n) is 13.5. The van der Waals surface area contributed by atoms with E-state index in [4.69, 9.17) is 21.1 Å². The van der Waals surface area contributed by atoms with Crippen LogP contribution in [0.4, 0.5) is 18.0 Å². The largest absolute Gasteiger partial charge is 0.444 e. The molecule has 1 N–H and O–H groups in total. The van der Waals surface area contributed by atoms with Crippen LogP contribution in [0.2, 0.25) is 5.15 Å². The maximum atomic E-state index is 13.6. The van der Waals surface area contributed by atoms with Gasteiger partial charge in [0.1, 0.15) is 5.60 Å². The minimum atomic E-state index is -4.47. The van der Waals surface area contributed by atoms with E-state index < -0.39 is 47.2 Å².